The molecule has 1 N–H and O–H groups in total. The number of nitrogens with one attached hydrogen (secondary N) is 1. The molecule has 5 aromatic rings. The second kappa shape index (κ2) is 13.5. The van der Waals surface area contributed by atoms with Gasteiger partial charge >= 0.3 is 11.7 Å². The third-order valence-electron chi connectivity index (χ3n) is 8.49. The number of hydrogen-bond acceptors (Lipinski definition) is 12. The fraction of sp³-hybridized carbons (Fsp3) is 0.600. The van der Waals surface area contributed by atoms with Crippen LogP contribution >= 0.6 is 0 Å². The van der Waals surface area contributed by atoms with Crippen molar-refractivity contribution in [3.05, 3.63) is 46.7 Å². The highest BCUT2D eigenvalue weighted by Gasteiger charge is 2.23. The first-order valence-corrected chi connectivity index (χ1v) is 15.9. The fourth-order valence-electron chi connectivity index (χ4n) is 5.64. The average Bonchev–Trinajstić information content (AvgIpc) is 3.80. The molecule has 0 atom stereocenters. The summed E-state index contributed by atoms with van der Waals surface area (Å²) in [6, 6.07) is 0.666. The Bertz CT molecular complexity index is 1790. The molecule has 246 valence electrons. The Morgan fingerprint density at radius 3 is 1.89 bits per heavy atom. The van der Waals surface area contributed by atoms with Gasteiger partial charge in [0.25, 0.3) is 12.0 Å². The van der Waals surface area contributed by atoms with Crippen molar-refractivity contribution < 1.29 is 9.47 Å². The molecule has 2 saturated heterocycles. The number of nitrogens with zero attached hydrogens (tertiary/aromatic N) is 12. The Kier molecular flexibility index (Phi) is 9.26. The fourth-order valence-corrected chi connectivity index (χ4v) is 5.64. The van der Waals surface area contributed by atoms with Gasteiger partial charge in [0.05, 0.1) is 12.4 Å². The number of hydrogen-bond donors (Lipinski definition) is 1. The van der Waals surface area contributed by atoms with Crippen LogP contribution in [0.25, 0.3) is 17.2 Å². The van der Waals surface area contributed by atoms with Gasteiger partial charge in [0.2, 0.25) is 0 Å². The van der Waals surface area contributed by atoms with Crippen LogP contribution in [-0.4, -0.2) is 116 Å². The molecule has 7 heterocycles. The highest BCUT2D eigenvalue weighted by atomic mass is 16.5. The lowest BCUT2D eigenvalue weighted by Crippen LogP contribution is -2.36. The maximum Gasteiger partial charge on any atom is 0.352 e. The van der Waals surface area contributed by atoms with Crippen LogP contribution in [0.4, 0.5) is 0 Å². The first-order chi connectivity index (χ1) is 22.2. The topological polar surface area (TPSA) is 162 Å². The summed E-state index contributed by atoms with van der Waals surface area (Å²) in [6.45, 7) is 12.4. The molecule has 46 heavy (non-hydrogen) atoms. The van der Waals surface area contributed by atoms with Crippen LogP contribution in [0.1, 0.15) is 76.3 Å². The van der Waals surface area contributed by atoms with Gasteiger partial charge in [-0.05, 0) is 51.6 Å². The third kappa shape index (κ3) is 6.87. The number of likely N-dealkylation sites (tertiary alicyclic amines) is 2. The molecular formula is C30H43N13O3. The quantitative estimate of drug-likeness (QED) is 0.279. The van der Waals surface area contributed by atoms with Crippen LogP contribution in [0, 0.1) is 0 Å². The largest absolute Gasteiger partial charge is 0.461 e. The van der Waals surface area contributed by atoms with E-state index in [0.29, 0.717) is 29.5 Å². The summed E-state index contributed by atoms with van der Waals surface area (Å²) < 4.78 is 16.5. The van der Waals surface area contributed by atoms with E-state index in [1.165, 1.54) is 10.8 Å². The van der Waals surface area contributed by atoms with Gasteiger partial charge in [-0.1, -0.05) is 27.7 Å². The summed E-state index contributed by atoms with van der Waals surface area (Å²) in [4.78, 5) is 36.9. The maximum atomic E-state index is 12.0. The standard InChI is InChI=1S/C16H22N8O.C14H21N5O2/c1-11(2)13-8-18-24-14(13)20-15(21-16(24)23-10-17-9-19-23)25-12-4-6-22(3)7-5-12;1-9(2)11-8-15-19-12(11)16-13(17-14(19)20)21-10-4-6-18(3)7-5-10/h8-12H,4-7H2,1-3H3;8-10H,4-7H2,1-3H3,(H,16,17,20). The van der Waals surface area contributed by atoms with Gasteiger partial charge in [-0.2, -0.15) is 44.0 Å². The van der Waals surface area contributed by atoms with Gasteiger partial charge in [-0.3, -0.25) is 4.98 Å². The van der Waals surface area contributed by atoms with Crippen molar-refractivity contribution in [2.75, 3.05) is 40.3 Å². The molecule has 0 spiro atoms. The van der Waals surface area contributed by atoms with E-state index in [-0.39, 0.29) is 23.8 Å². The van der Waals surface area contributed by atoms with Crippen molar-refractivity contribution in [1.82, 2.24) is 63.7 Å². The van der Waals surface area contributed by atoms with Crippen molar-refractivity contribution in [1.29, 1.82) is 0 Å². The number of ether oxygens (including phenoxy) is 2. The van der Waals surface area contributed by atoms with Crippen molar-refractivity contribution in [2.24, 2.45) is 0 Å². The smallest absolute Gasteiger partial charge is 0.352 e. The van der Waals surface area contributed by atoms with Crippen LogP contribution in [0.3, 0.4) is 0 Å². The molecular weight excluding hydrogens is 590 g/mol. The second-order valence-electron chi connectivity index (χ2n) is 12.7. The molecule has 5 aromatic heterocycles. The van der Waals surface area contributed by atoms with E-state index in [4.69, 9.17) is 9.47 Å². The molecule has 2 aliphatic rings. The van der Waals surface area contributed by atoms with Gasteiger partial charge in [-0.15, -0.1) is 0 Å². The van der Waals surface area contributed by atoms with Gasteiger partial charge in [0.15, 0.2) is 11.3 Å². The maximum absolute atomic E-state index is 12.0. The highest BCUT2D eigenvalue weighted by molar-refractivity contribution is 5.51. The van der Waals surface area contributed by atoms with E-state index >= 15 is 0 Å². The predicted molar refractivity (Wildman–Crippen MR) is 170 cm³/mol. The van der Waals surface area contributed by atoms with Crippen molar-refractivity contribution >= 4 is 11.3 Å². The molecule has 2 aliphatic heterocycles. The summed E-state index contributed by atoms with van der Waals surface area (Å²) in [6.07, 6.45) is 10.7. The van der Waals surface area contributed by atoms with Crippen LogP contribution in [0.15, 0.2) is 29.8 Å². The van der Waals surface area contributed by atoms with Crippen LogP contribution in [0.5, 0.6) is 12.0 Å². The first-order valence-electron chi connectivity index (χ1n) is 15.9. The average molecular weight is 634 g/mol. The summed E-state index contributed by atoms with van der Waals surface area (Å²) in [5, 5.41) is 12.7. The van der Waals surface area contributed by atoms with Gasteiger partial charge < -0.3 is 19.3 Å². The Morgan fingerprint density at radius 1 is 0.761 bits per heavy atom. The molecule has 0 aliphatic carbocycles. The number of H-pyrrole nitrogens is 1. The van der Waals surface area contributed by atoms with Crippen molar-refractivity contribution in [2.45, 2.75) is 77.4 Å². The molecule has 0 unspecified atom stereocenters. The highest BCUT2D eigenvalue weighted by Crippen LogP contribution is 2.24. The van der Waals surface area contributed by atoms with Crippen molar-refractivity contribution in [3.8, 4) is 18.0 Å². The first kappa shape index (κ1) is 31.5. The predicted octanol–water partition coefficient (Wildman–Crippen LogP) is 2.32. The molecule has 16 heteroatoms. The van der Waals surface area contributed by atoms with E-state index in [1.54, 1.807) is 21.7 Å². The van der Waals surface area contributed by atoms with E-state index in [1.807, 2.05) is 6.20 Å². The number of fused-ring (bicyclic) bond motifs is 2. The summed E-state index contributed by atoms with van der Waals surface area (Å²) >= 11 is 0. The molecule has 0 saturated carbocycles. The van der Waals surface area contributed by atoms with E-state index in [9.17, 15) is 4.79 Å². The van der Waals surface area contributed by atoms with Crippen LogP contribution in [0.2, 0.25) is 0 Å². The molecule has 0 amide bonds. The SMILES string of the molecule is CC(C)c1cnn2c(-n3cncn3)nc(OC3CCN(C)CC3)nc12.CC(C)c1cnn2c(=O)[nH]c(OC3CCN(C)CC3)nc12. The Hall–Kier alpha value is -4.44. The van der Waals surface area contributed by atoms with E-state index < -0.39 is 0 Å². The Balaban J connectivity index is 0.000000164. The minimum atomic E-state index is -0.310. The van der Waals surface area contributed by atoms with Crippen LogP contribution < -0.4 is 15.2 Å². The molecule has 2 fully saturated rings. The minimum Gasteiger partial charge on any atom is -0.461 e. The summed E-state index contributed by atoms with van der Waals surface area (Å²) in [7, 11) is 4.23. The van der Waals surface area contributed by atoms with Gasteiger partial charge in [0.1, 0.15) is 24.9 Å². The molecule has 16 nitrogen and oxygen atoms in total. The Morgan fingerprint density at radius 2 is 1.33 bits per heavy atom. The monoisotopic (exact) mass is 633 g/mol. The van der Waals surface area contributed by atoms with Crippen molar-refractivity contribution in [3.63, 3.8) is 0 Å². The van der Waals surface area contributed by atoms with E-state index in [2.05, 4.69) is 91.8 Å². The normalized spacial score (nSPS) is 17.2. The summed E-state index contributed by atoms with van der Waals surface area (Å²) in [5.41, 5.74) is 3.02. The third-order valence-corrected chi connectivity index (χ3v) is 8.49. The number of rotatable bonds is 7. The molecule has 0 radical (unpaired) electrons. The van der Waals surface area contributed by atoms with Crippen LogP contribution in [-0.2, 0) is 0 Å². The lowest BCUT2D eigenvalue weighted by atomic mass is 10.1. The number of aromatic nitrogens is 11. The molecule has 0 bridgehead atoms. The zero-order chi connectivity index (χ0) is 32.4. The zero-order valence-electron chi connectivity index (χ0n) is 27.4. The lowest BCUT2D eigenvalue weighted by molar-refractivity contribution is 0.105. The molecule has 0 aromatic carbocycles. The Labute approximate surface area is 266 Å². The lowest BCUT2D eigenvalue weighted by Gasteiger charge is -2.28. The van der Waals surface area contributed by atoms with E-state index in [0.717, 1.165) is 68.6 Å². The number of piperidine rings is 2. The molecule has 7 rings (SSSR count). The summed E-state index contributed by atoms with van der Waals surface area (Å²) in [5.74, 6) is 1.08. The number of aromatic amines is 1. The zero-order valence-corrected chi connectivity index (χ0v) is 27.4. The van der Waals surface area contributed by atoms with Gasteiger partial charge in [0, 0.05) is 37.3 Å². The minimum absolute atomic E-state index is 0.109. The van der Waals surface area contributed by atoms with Gasteiger partial charge in [-0.25, -0.2) is 9.78 Å². The second-order valence-corrected chi connectivity index (χ2v) is 12.7.